The fourth-order valence-corrected chi connectivity index (χ4v) is 2.28. The first-order chi connectivity index (χ1) is 8.55. The van der Waals surface area contributed by atoms with Crippen molar-refractivity contribution in [3.05, 3.63) is 23.9 Å². The van der Waals surface area contributed by atoms with Crippen LogP contribution in [0.4, 0.5) is 5.82 Å². The van der Waals surface area contributed by atoms with Gasteiger partial charge in [-0.25, -0.2) is 4.98 Å². The van der Waals surface area contributed by atoms with Gasteiger partial charge in [-0.15, -0.1) is 0 Å². The van der Waals surface area contributed by atoms with Gasteiger partial charge in [0, 0.05) is 12.7 Å². The highest BCUT2D eigenvalue weighted by Crippen LogP contribution is 2.22. The van der Waals surface area contributed by atoms with E-state index >= 15 is 0 Å². The zero-order valence-electron chi connectivity index (χ0n) is 11.8. The van der Waals surface area contributed by atoms with Crippen molar-refractivity contribution in [3.8, 4) is 0 Å². The molecular weight excluding hydrogens is 222 g/mol. The molecule has 3 nitrogen and oxygen atoms in total. The van der Waals surface area contributed by atoms with Crippen molar-refractivity contribution in [2.45, 2.75) is 39.0 Å². The average molecular weight is 247 g/mol. The summed E-state index contributed by atoms with van der Waals surface area (Å²) in [7, 11) is 0. The lowest BCUT2D eigenvalue weighted by Gasteiger charge is -2.23. The smallest absolute Gasteiger partial charge is 0.125 e. The number of piperidine rings is 1. The Labute approximate surface area is 110 Å². The zero-order valence-corrected chi connectivity index (χ0v) is 11.8. The Morgan fingerprint density at radius 2 is 2.00 bits per heavy atom. The van der Waals surface area contributed by atoms with Crippen molar-refractivity contribution in [2.24, 2.45) is 5.92 Å². The quantitative estimate of drug-likeness (QED) is 0.862. The van der Waals surface area contributed by atoms with Crippen molar-refractivity contribution < 1.29 is 0 Å². The van der Waals surface area contributed by atoms with Gasteiger partial charge in [-0.1, -0.05) is 26.8 Å². The Kier molecular flexibility index (Phi) is 4.23. The monoisotopic (exact) mass is 247 g/mol. The molecule has 100 valence electrons. The van der Waals surface area contributed by atoms with E-state index in [4.69, 9.17) is 0 Å². The number of anilines is 1. The molecule has 1 aliphatic rings. The van der Waals surface area contributed by atoms with Gasteiger partial charge in [0.05, 0.1) is 0 Å². The molecule has 2 N–H and O–H groups in total. The Hall–Kier alpha value is -1.09. The molecule has 1 fully saturated rings. The highest BCUT2D eigenvalue weighted by Gasteiger charge is 2.15. The number of aromatic nitrogens is 1. The largest absolute Gasteiger partial charge is 0.370 e. The molecule has 0 bridgehead atoms. The summed E-state index contributed by atoms with van der Waals surface area (Å²) in [5.41, 5.74) is 1.47. The van der Waals surface area contributed by atoms with E-state index in [1.54, 1.807) is 0 Å². The molecule has 2 heterocycles. The van der Waals surface area contributed by atoms with E-state index in [1.165, 1.54) is 18.4 Å². The number of pyridine rings is 1. The van der Waals surface area contributed by atoms with Crippen molar-refractivity contribution in [1.82, 2.24) is 10.3 Å². The van der Waals surface area contributed by atoms with Gasteiger partial charge in [-0.05, 0) is 48.9 Å². The molecule has 18 heavy (non-hydrogen) atoms. The fourth-order valence-electron chi connectivity index (χ4n) is 2.28. The van der Waals surface area contributed by atoms with E-state index < -0.39 is 0 Å². The summed E-state index contributed by atoms with van der Waals surface area (Å²) in [6, 6.07) is 4.28. The van der Waals surface area contributed by atoms with Crippen LogP contribution in [0.1, 0.15) is 39.2 Å². The van der Waals surface area contributed by atoms with E-state index in [9.17, 15) is 0 Å². The van der Waals surface area contributed by atoms with Crippen molar-refractivity contribution >= 4 is 5.82 Å². The number of nitrogens with one attached hydrogen (secondary N) is 2. The zero-order chi connectivity index (χ0) is 13.0. The van der Waals surface area contributed by atoms with Crippen LogP contribution in [-0.4, -0.2) is 24.6 Å². The molecule has 0 saturated carbocycles. The minimum Gasteiger partial charge on any atom is -0.370 e. The van der Waals surface area contributed by atoms with Crippen LogP contribution in [0.2, 0.25) is 0 Å². The second kappa shape index (κ2) is 5.70. The standard InChI is InChI=1S/C15H25N3/c1-15(2,3)13-4-5-14(18-11-13)17-10-12-6-8-16-9-7-12/h4-5,11-12,16H,6-10H2,1-3H3,(H,17,18). The van der Waals surface area contributed by atoms with E-state index in [2.05, 4.69) is 48.5 Å². The molecular formula is C15H25N3. The molecule has 0 radical (unpaired) electrons. The van der Waals surface area contributed by atoms with Crippen LogP contribution in [0.25, 0.3) is 0 Å². The first-order valence-electron chi connectivity index (χ1n) is 6.97. The van der Waals surface area contributed by atoms with Crippen molar-refractivity contribution in [3.63, 3.8) is 0 Å². The lowest BCUT2D eigenvalue weighted by molar-refractivity contribution is 0.389. The lowest BCUT2D eigenvalue weighted by atomic mass is 9.88. The van der Waals surface area contributed by atoms with Crippen LogP contribution in [0.5, 0.6) is 0 Å². The summed E-state index contributed by atoms with van der Waals surface area (Å²) in [5, 5.41) is 6.85. The maximum atomic E-state index is 4.50. The van der Waals surface area contributed by atoms with E-state index in [-0.39, 0.29) is 5.41 Å². The summed E-state index contributed by atoms with van der Waals surface area (Å²) >= 11 is 0. The predicted molar refractivity (Wildman–Crippen MR) is 77.0 cm³/mol. The molecule has 0 aromatic carbocycles. The summed E-state index contributed by atoms with van der Waals surface area (Å²) < 4.78 is 0. The second-order valence-corrected chi connectivity index (χ2v) is 6.26. The summed E-state index contributed by atoms with van der Waals surface area (Å²) in [6.07, 6.45) is 4.53. The maximum Gasteiger partial charge on any atom is 0.125 e. The van der Waals surface area contributed by atoms with Gasteiger partial charge >= 0.3 is 0 Å². The predicted octanol–water partition coefficient (Wildman–Crippen LogP) is 2.79. The second-order valence-electron chi connectivity index (χ2n) is 6.26. The van der Waals surface area contributed by atoms with Gasteiger partial charge in [0.25, 0.3) is 0 Å². The van der Waals surface area contributed by atoms with Crippen molar-refractivity contribution in [2.75, 3.05) is 25.0 Å². The molecule has 1 aliphatic heterocycles. The van der Waals surface area contributed by atoms with E-state index in [0.29, 0.717) is 0 Å². The third kappa shape index (κ3) is 3.70. The molecule has 3 heteroatoms. The van der Waals surface area contributed by atoms with Gasteiger partial charge in [0.2, 0.25) is 0 Å². The third-order valence-corrected chi connectivity index (χ3v) is 3.66. The SMILES string of the molecule is CC(C)(C)c1ccc(NCC2CCNCC2)nc1. The molecule has 0 atom stereocenters. The van der Waals surface area contributed by atoms with Gasteiger partial charge < -0.3 is 10.6 Å². The topological polar surface area (TPSA) is 37.0 Å². The van der Waals surface area contributed by atoms with Gasteiger partial charge in [-0.3, -0.25) is 0 Å². The molecule has 0 amide bonds. The lowest BCUT2D eigenvalue weighted by Crippen LogP contribution is -2.31. The summed E-state index contributed by atoms with van der Waals surface area (Å²) in [5.74, 6) is 1.79. The van der Waals surface area contributed by atoms with Crippen LogP contribution in [0, 0.1) is 5.92 Å². The van der Waals surface area contributed by atoms with Crippen LogP contribution in [0.15, 0.2) is 18.3 Å². The van der Waals surface area contributed by atoms with E-state index in [0.717, 1.165) is 31.4 Å². The highest BCUT2D eigenvalue weighted by atomic mass is 15.0. The number of nitrogens with zero attached hydrogens (tertiary/aromatic N) is 1. The Morgan fingerprint density at radius 1 is 1.28 bits per heavy atom. The van der Waals surface area contributed by atoms with Gasteiger partial charge in [0.1, 0.15) is 5.82 Å². The minimum absolute atomic E-state index is 0.181. The van der Waals surface area contributed by atoms with Crippen molar-refractivity contribution in [1.29, 1.82) is 0 Å². The molecule has 0 spiro atoms. The summed E-state index contributed by atoms with van der Waals surface area (Å²) in [4.78, 5) is 4.50. The number of hydrogen-bond donors (Lipinski definition) is 2. The van der Waals surface area contributed by atoms with Crippen LogP contribution >= 0.6 is 0 Å². The first-order valence-corrected chi connectivity index (χ1v) is 6.97. The molecule has 1 saturated heterocycles. The molecule has 1 aromatic heterocycles. The Bertz CT molecular complexity index is 358. The summed E-state index contributed by atoms with van der Waals surface area (Å²) in [6.45, 7) is 10.00. The number of hydrogen-bond acceptors (Lipinski definition) is 3. The molecule has 0 aliphatic carbocycles. The highest BCUT2D eigenvalue weighted by molar-refractivity contribution is 5.37. The van der Waals surface area contributed by atoms with Gasteiger partial charge in [0.15, 0.2) is 0 Å². The average Bonchev–Trinajstić information content (AvgIpc) is 2.37. The first kappa shape index (κ1) is 13.3. The van der Waals surface area contributed by atoms with Crippen LogP contribution in [-0.2, 0) is 5.41 Å². The fraction of sp³-hybridized carbons (Fsp3) is 0.667. The van der Waals surface area contributed by atoms with E-state index in [1.807, 2.05) is 6.20 Å². The molecule has 2 rings (SSSR count). The van der Waals surface area contributed by atoms with Gasteiger partial charge in [-0.2, -0.15) is 0 Å². The Morgan fingerprint density at radius 3 is 2.56 bits per heavy atom. The maximum absolute atomic E-state index is 4.50. The molecule has 1 aromatic rings. The Balaban J connectivity index is 1.86. The van der Waals surface area contributed by atoms with Crippen LogP contribution < -0.4 is 10.6 Å². The molecule has 0 unspecified atom stereocenters. The normalized spacial score (nSPS) is 17.7. The number of rotatable bonds is 3. The van der Waals surface area contributed by atoms with Crippen LogP contribution in [0.3, 0.4) is 0 Å². The minimum atomic E-state index is 0.181. The third-order valence-electron chi connectivity index (χ3n) is 3.66.